The Bertz CT molecular complexity index is 886. The van der Waals surface area contributed by atoms with Gasteiger partial charge >= 0.3 is 11.6 Å². The largest absolute Gasteiger partial charge is 0.507 e. The number of hydrogen-bond acceptors (Lipinski definition) is 5. The zero-order valence-electron chi connectivity index (χ0n) is 15.2. The van der Waals surface area contributed by atoms with Crippen LogP contribution in [0.2, 0.25) is 0 Å². The molecule has 6 nitrogen and oxygen atoms in total. The molecular formula is C20H25NO5. The number of phenols is 1. The van der Waals surface area contributed by atoms with E-state index in [0.29, 0.717) is 17.6 Å². The summed E-state index contributed by atoms with van der Waals surface area (Å²) in [6.07, 6.45) is 4.25. The Morgan fingerprint density at radius 2 is 1.96 bits per heavy atom. The van der Waals surface area contributed by atoms with Crippen molar-refractivity contribution >= 4 is 16.9 Å². The third kappa shape index (κ3) is 3.33. The molecule has 0 spiro atoms. The van der Waals surface area contributed by atoms with Crippen LogP contribution in [0.4, 0.5) is 0 Å². The van der Waals surface area contributed by atoms with Crippen LogP contribution in [0, 0.1) is 5.92 Å². The minimum Gasteiger partial charge on any atom is -0.507 e. The average Bonchev–Trinajstić information content (AvgIpc) is 2.63. The third-order valence-corrected chi connectivity index (χ3v) is 5.45. The third-order valence-electron chi connectivity index (χ3n) is 5.45. The smallest absolute Gasteiger partial charge is 0.339 e. The molecule has 2 atom stereocenters. The second-order valence-electron chi connectivity index (χ2n) is 7.08. The van der Waals surface area contributed by atoms with Crippen molar-refractivity contribution in [3.8, 4) is 5.75 Å². The molecule has 1 heterocycles. The van der Waals surface area contributed by atoms with Gasteiger partial charge in [0.05, 0.1) is 5.56 Å². The molecule has 26 heavy (non-hydrogen) atoms. The summed E-state index contributed by atoms with van der Waals surface area (Å²) in [7, 11) is 0. The number of benzene rings is 1. The number of carboxylic acids is 1. The van der Waals surface area contributed by atoms with E-state index in [1.54, 1.807) is 12.1 Å². The Kier molecular flexibility index (Phi) is 5.32. The van der Waals surface area contributed by atoms with Gasteiger partial charge in [-0.1, -0.05) is 20.3 Å². The van der Waals surface area contributed by atoms with Crippen molar-refractivity contribution in [3.05, 3.63) is 39.2 Å². The van der Waals surface area contributed by atoms with Gasteiger partial charge < -0.3 is 14.6 Å². The molecule has 1 aliphatic rings. The highest BCUT2D eigenvalue weighted by molar-refractivity contribution is 5.86. The van der Waals surface area contributed by atoms with Crippen LogP contribution in [0.15, 0.2) is 21.3 Å². The molecule has 0 bridgehead atoms. The number of carbonyl (C=O) groups is 1. The van der Waals surface area contributed by atoms with Crippen LogP contribution in [-0.4, -0.2) is 22.2 Å². The van der Waals surface area contributed by atoms with E-state index in [0.717, 1.165) is 42.2 Å². The second kappa shape index (κ2) is 7.50. The number of aromatic hydroxyl groups is 1. The van der Waals surface area contributed by atoms with E-state index in [2.05, 4.69) is 5.32 Å². The average molecular weight is 359 g/mol. The summed E-state index contributed by atoms with van der Waals surface area (Å²) >= 11 is 0. The fourth-order valence-electron chi connectivity index (χ4n) is 3.70. The molecule has 1 aliphatic carbocycles. The number of carboxylic acid groups (broad SMARTS) is 1. The first-order chi connectivity index (χ1) is 12.4. The Hall–Kier alpha value is -2.34. The number of rotatable bonds is 6. The first-order valence-electron chi connectivity index (χ1n) is 9.19. The number of fused-ring (bicyclic) bond motifs is 3. The van der Waals surface area contributed by atoms with Crippen molar-refractivity contribution < 1.29 is 19.4 Å². The molecule has 6 heteroatoms. The van der Waals surface area contributed by atoms with E-state index >= 15 is 0 Å². The van der Waals surface area contributed by atoms with Gasteiger partial charge in [-0.25, -0.2) is 4.79 Å². The van der Waals surface area contributed by atoms with Gasteiger partial charge in [-0.05, 0) is 49.3 Å². The van der Waals surface area contributed by atoms with E-state index in [-0.39, 0.29) is 23.8 Å². The highest BCUT2D eigenvalue weighted by Gasteiger charge is 2.25. The molecule has 140 valence electrons. The Balaban J connectivity index is 2.03. The van der Waals surface area contributed by atoms with Crippen LogP contribution in [0.1, 0.15) is 49.8 Å². The minimum atomic E-state index is -0.932. The molecule has 3 N–H and O–H groups in total. The molecule has 0 radical (unpaired) electrons. The van der Waals surface area contributed by atoms with Crippen LogP contribution < -0.4 is 10.9 Å². The summed E-state index contributed by atoms with van der Waals surface area (Å²) < 4.78 is 5.55. The van der Waals surface area contributed by atoms with Crippen LogP contribution >= 0.6 is 0 Å². The highest BCUT2D eigenvalue weighted by atomic mass is 16.4. The van der Waals surface area contributed by atoms with E-state index in [4.69, 9.17) is 4.42 Å². The maximum Gasteiger partial charge on any atom is 0.339 e. The van der Waals surface area contributed by atoms with Crippen LogP contribution in [-0.2, 0) is 24.2 Å². The molecule has 0 amide bonds. The maximum atomic E-state index is 12.4. The van der Waals surface area contributed by atoms with E-state index in [1.165, 1.54) is 0 Å². The fraction of sp³-hybridized carbons (Fsp3) is 0.500. The summed E-state index contributed by atoms with van der Waals surface area (Å²) in [6, 6.07) is 2.64. The Morgan fingerprint density at radius 1 is 1.27 bits per heavy atom. The summed E-state index contributed by atoms with van der Waals surface area (Å²) in [5.41, 5.74) is 2.17. The van der Waals surface area contributed by atoms with Crippen molar-refractivity contribution in [2.45, 2.75) is 58.5 Å². The van der Waals surface area contributed by atoms with Gasteiger partial charge in [0.2, 0.25) is 0 Å². The number of nitrogens with one attached hydrogen (secondary N) is 1. The van der Waals surface area contributed by atoms with Crippen molar-refractivity contribution in [2.75, 3.05) is 0 Å². The van der Waals surface area contributed by atoms with Crippen molar-refractivity contribution in [2.24, 2.45) is 5.92 Å². The monoisotopic (exact) mass is 359 g/mol. The number of hydrogen-bond donors (Lipinski definition) is 3. The SMILES string of the molecule is CC[C@@H](C)[C@@H](NCc1c(O)ccc2c3c(c(=O)oc12)CCCC3)C(=O)O. The Labute approximate surface area is 151 Å². The van der Waals surface area contributed by atoms with Gasteiger partial charge in [-0.15, -0.1) is 0 Å². The molecule has 0 saturated heterocycles. The summed E-state index contributed by atoms with van der Waals surface area (Å²) in [5.74, 6) is -1.00. The number of aryl methyl sites for hydroxylation is 1. The molecule has 0 aliphatic heterocycles. The lowest BCUT2D eigenvalue weighted by molar-refractivity contribution is -0.140. The van der Waals surface area contributed by atoms with Gasteiger partial charge in [-0.2, -0.15) is 0 Å². The minimum absolute atomic E-state index is 0.00259. The predicted octanol–water partition coefficient (Wildman–Crippen LogP) is 2.97. The molecule has 0 saturated carbocycles. The van der Waals surface area contributed by atoms with Gasteiger partial charge in [0.1, 0.15) is 17.4 Å². The molecule has 1 aromatic carbocycles. The summed E-state index contributed by atoms with van der Waals surface area (Å²) in [6.45, 7) is 3.92. The molecule has 0 unspecified atom stereocenters. The van der Waals surface area contributed by atoms with E-state index in [9.17, 15) is 19.8 Å². The van der Waals surface area contributed by atoms with Crippen LogP contribution in [0.25, 0.3) is 11.0 Å². The van der Waals surface area contributed by atoms with Crippen LogP contribution in [0.3, 0.4) is 0 Å². The lowest BCUT2D eigenvalue weighted by Gasteiger charge is -2.21. The molecular weight excluding hydrogens is 334 g/mol. The molecule has 1 aromatic heterocycles. The zero-order chi connectivity index (χ0) is 18.8. The standard InChI is InChI=1S/C20H25NO5/c1-3-11(2)17(19(23)24)21-10-15-16(22)9-8-13-12-6-4-5-7-14(12)20(25)26-18(13)15/h8-9,11,17,21-22H,3-7,10H2,1-2H3,(H,23,24)/t11-,17-/m1/s1. The normalized spacial score (nSPS) is 16.2. The predicted molar refractivity (Wildman–Crippen MR) is 98.5 cm³/mol. The maximum absolute atomic E-state index is 12.4. The molecule has 2 aromatic rings. The topological polar surface area (TPSA) is 99.8 Å². The van der Waals surface area contributed by atoms with E-state index in [1.807, 2.05) is 13.8 Å². The zero-order valence-corrected chi connectivity index (χ0v) is 15.2. The molecule has 0 fully saturated rings. The first-order valence-corrected chi connectivity index (χ1v) is 9.19. The summed E-state index contributed by atoms with van der Waals surface area (Å²) in [5, 5.41) is 23.6. The molecule has 3 rings (SSSR count). The second-order valence-corrected chi connectivity index (χ2v) is 7.08. The Morgan fingerprint density at radius 3 is 2.62 bits per heavy atom. The number of aliphatic carboxylic acids is 1. The van der Waals surface area contributed by atoms with Gasteiger partial charge in [0.25, 0.3) is 0 Å². The lowest BCUT2D eigenvalue weighted by Crippen LogP contribution is -2.41. The fourth-order valence-corrected chi connectivity index (χ4v) is 3.70. The van der Waals surface area contributed by atoms with Crippen molar-refractivity contribution in [1.82, 2.24) is 5.32 Å². The van der Waals surface area contributed by atoms with Crippen molar-refractivity contribution in [1.29, 1.82) is 0 Å². The van der Waals surface area contributed by atoms with Crippen molar-refractivity contribution in [3.63, 3.8) is 0 Å². The van der Waals surface area contributed by atoms with E-state index < -0.39 is 12.0 Å². The van der Waals surface area contributed by atoms with Gasteiger partial charge in [0, 0.05) is 17.5 Å². The first kappa shape index (κ1) is 18.5. The highest BCUT2D eigenvalue weighted by Crippen LogP contribution is 2.32. The van der Waals surface area contributed by atoms with Gasteiger partial charge in [-0.3, -0.25) is 10.1 Å². The summed E-state index contributed by atoms with van der Waals surface area (Å²) in [4.78, 5) is 23.9. The van der Waals surface area contributed by atoms with Gasteiger partial charge in [0.15, 0.2) is 0 Å². The quantitative estimate of drug-likeness (QED) is 0.686. The number of phenolic OH excluding ortho intramolecular Hbond substituents is 1. The van der Waals surface area contributed by atoms with Crippen LogP contribution in [0.5, 0.6) is 5.75 Å². The lowest BCUT2D eigenvalue weighted by atomic mass is 9.90.